The van der Waals surface area contributed by atoms with E-state index in [-0.39, 0.29) is 6.04 Å². The number of rotatable bonds is 4. The molecule has 1 N–H and O–H groups in total. The van der Waals surface area contributed by atoms with Gasteiger partial charge in [0.15, 0.2) is 4.67 Å². The van der Waals surface area contributed by atoms with Crippen LogP contribution in [0.4, 0.5) is 0 Å². The molecule has 0 saturated carbocycles. The molecule has 0 aliphatic rings. The van der Waals surface area contributed by atoms with Gasteiger partial charge in [-0.25, -0.2) is 4.98 Å². The molecule has 0 bridgehead atoms. The quantitative estimate of drug-likeness (QED) is 0.893. The van der Waals surface area contributed by atoms with Crippen LogP contribution >= 0.6 is 31.9 Å². The molecular weight excluding hydrogens is 352 g/mol. The molecule has 6 heteroatoms. The second-order valence-electron chi connectivity index (χ2n) is 3.75. The van der Waals surface area contributed by atoms with E-state index in [9.17, 15) is 0 Å². The number of furan rings is 1. The standard InChI is InChI=1S/C11H12Br2N2O2/c1-6-4-15-11(16-6)7(2)14-5-8-3-9(12)10(13)17-8/h3-4,7,14H,5H2,1-2H3. The van der Waals surface area contributed by atoms with Gasteiger partial charge in [0.1, 0.15) is 11.5 Å². The summed E-state index contributed by atoms with van der Waals surface area (Å²) < 4.78 is 12.5. The van der Waals surface area contributed by atoms with E-state index in [1.54, 1.807) is 6.20 Å². The van der Waals surface area contributed by atoms with Crippen molar-refractivity contribution in [2.75, 3.05) is 0 Å². The van der Waals surface area contributed by atoms with E-state index in [4.69, 9.17) is 8.83 Å². The maximum atomic E-state index is 5.46. The minimum absolute atomic E-state index is 0.0475. The van der Waals surface area contributed by atoms with Crippen LogP contribution in [-0.2, 0) is 6.54 Å². The molecule has 0 aliphatic heterocycles. The van der Waals surface area contributed by atoms with E-state index in [1.165, 1.54) is 0 Å². The summed E-state index contributed by atoms with van der Waals surface area (Å²) in [4.78, 5) is 4.17. The molecular formula is C11H12Br2N2O2. The Kier molecular flexibility index (Phi) is 4.06. The number of aromatic nitrogens is 1. The molecule has 0 spiro atoms. The third-order valence-electron chi connectivity index (χ3n) is 2.29. The first-order chi connectivity index (χ1) is 8.06. The summed E-state index contributed by atoms with van der Waals surface area (Å²) in [6, 6.07) is 1.97. The Bertz CT molecular complexity index is 488. The van der Waals surface area contributed by atoms with E-state index in [0.29, 0.717) is 17.1 Å². The van der Waals surface area contributed by atoms with E-state index in [2.05, 4.69) is 42.2 Å². The minimum atomic E-state index is 0.0475. The van der Waals surface area contributed by atoms with Crippen molar-refractivity contribution in [1.82, 2.24) is 10.3 Å². The highest BCUT2D eigenvalue weighted by Gasteiger charge is 2.12. The van der Waals surface area contributed by atoms with Gasteiger partial charge in [-0.15, -0.1) is 0 Å². The smallest absolute Gasteiger partial charge is 0.211 e. The van der Waals surface area contributed by atoms with E-state index in [1.807, 2.05) is 19.9 Å². The second kappa shape index (κ2) is 5.37. The predicted molar refractivity (Wildman–Crippen MR) is 70.6 cm³/mol. The molecule has 2 rings (SSSR count). The Morgan fingerprint density at radius 1 is 1.41 bits per heavy atom. The van der Waals surface area contributed by atoms with Gasteiger partial charge >= 0.3 is 0 Å². The van der Waals surface area contributed by atoms with Crippen LogP contribution in [0.25, 0.3) is 0 Å². The van der Waals surface area contributed by atoms with Crippen LogP contribution in [0.2, 0.25) is 0 Å². The van der Waals surface area contributed by atoms with Gasteiger partial charge in [-0.1, -0.05) is 0 Å². The highest BCUT2D eigenvalue weighted by atomic mass is 79.9. The Morgan fingerprint density at radius 3 is 2.71 bits per heavy atom. The van der Waals surface area contributed by atoms with Crippen molar-refractivity contribution >= 4 is 31.9 Å². The first kappa shape index (κ1) is 12.9. The lowest BCUT2D eigenvalue weighted by Gasteiger charge is -2.08. The molecule has 2 aromatic rings. The topological polar surface area (TPSA) is 51.2 Å². The molecule has 92 valence electrons. The molecule has 2 heterocycles. The van der Waals surface area contributed by atoms with Gasteiger partial charge in [0.25, 0.3) is 0 Å². The van der Waals surface area contributed by atoms with Gasteiger partial charge in [0.05, 0.1) is 23.3 Å². The third kappa shape index (κ3) is 3.20. The van der Waals surface area contributed by atoms with Crippen molar-refractivity contribution in [3.05, 3.63) is 38.8 Å². The molecule has 0 aromatic carbocycles. The van der Waals surface area contributed by atoms with Crippen LogP contribution in [-0.4, -0.2) is 4.98 Å². The van der Waals surface area contributed by atoms with Crippen molar-refractivity contribution in [3.63, 3.8) is 0 Å². The first-order valence-corrected chi connectivity index (χ1v) is 6.74. The number of nitrogens with zero attached hydrogens (tertiary/aromatic N) is 1. The average Bonchev–Trinajstić information content (AvgIpc) is 2.83. The SMILES string of the molecule is Cc1cnc(C(C)NCc2cc(Br)c(Br)o2)o1. The van der Waals surface area contributed by atoms with Crippen LogP contribution in [0.5, 0.6) is 0 Å². The van der Waals surface area contributed by atoms with Crippen molar-refractivity contribution in [3.8, 4) is 0 Å². The van der Waals surface area contributed by atoms with Crippen molar-refractivity contribution in [2.45, 2.75) is 26.4 Å². The van der Waals surface area contributed by atoms with Gasteiger partial charge < -0.3 is 8.83 Å². The summed E-state index contributed by atoms with van der Waals surface area (Å²) >= 11 is 6.67. The minimum Gasteiger partial charge on any atom is -0.452 e. The van der Waals surface area contributed by atoms with Crippen LogP contribution in [0.3, 0.4) is 0 Å². The Balaban J connectivity index is 1.94. The summed E-state index contributed by atoms with van der Waals surface area (Å²) in [5, 5.41) is 3.28. The van der Waals surface area contributed by atoms with Crippen LogP contribution in [0, 0.1) is 6.92 Å². The third-order valence-corrected chi connectivity index (χ3v) is 4.00. The van der Waals surface area contributed by atoms with Gasteiger partial charge in [-0.3, -0.25) is 5.32 Å². The molecule has 1 unspecified atom stereocenters. The molecule has 0 amide bonds. The fourth-order valence-corrected chi connectivity index (χ4v) is 2.05. The maximum absolute atomic E-state index is 5.46. The molecule has 0 radical (unpaired) electrons. The lowest BCUT2D eigenvalue weighted by atomic mass is 10.3. The van der Waals surface area contributed by atoms with E-state index < -0.39 is 0 Å². The molecule has 0 saturated heterocycles. The average molecular weight is 364 g/mol. The second-order valence-corrected chi connectivity index (χ2v) is 5.32. The summed E-state index contributed by atoms with van der Waals surface area (Å²) in [7, 11) is 0. The van der Waals surface area contributed by atoms with Gasteiger partial charge in [-0.05, 0) is 51.8 Å². The lowest BCUT2D eigenvalue weighted by molar-refractivity contribution is 0.383. The summed E-state index contributed by atoms with van der Waals surface area (Å²) in [5.74, 6) is 2.35. The van der Waals surface area contributed by atoms with Gasteiger partial charge in [0, 0.05) is 0 Å². The normalized spacial score (nSPS) is 12.9. The lowest BCUT2D eigenvalue weighted by Crippen LogP contribution is -2.17. The highest BCUT2D eigenvalue weighted by molar-refractivity contribution is 9.13. The van der Waals surface area contributed by atoms with Crippen LogP contribution in [0.15, 0.2) is 30.2 Å². The number of aryl methyl sites for hydroxylation is 1. The van der Waals surface area contributed by atoms with Crippen molar-refractivity contribution < 1.29 is 8.83 Å². The fourth-order valence-electron chi connectivity index (χ4n) is 1.39. The molecule has 1 atom stereocenters. The zero-order chi connectivity index (χ0) is 12.4. The Labute approximate surface area is 116 Å². The van der Waals surface area contributed by atoms with Crippen LogP contribution < -0.4 is 5.32 Å². The monoisotopic (exact) mass is 362 g/mol. The van der Waals surface area contributed by atoms with E-state index >= 15 is 0 Å². The highest BCUT2D eigenvalue weighted by Crippen LogP contribution is 2.27. The maximum Gasteiger partial charge on any atom is 0.211 e. The van der Waals surface area contributed by atoms with Gasteiger partial charge in [-0.2, -0.15) is 0 Å². The fraction of sp³-hybridized carbons (Fsp3) is 0.364. The largest absolute Gasteiger partial charge is 0.452 e. The Morgan fingerprint density at radius 2 is 2.18 bits per heavy atom. The first-order valence-electron chi connectivity index (χ1n) is 5.15. The zero-order valence-electron chi connectivity index (χ0n) is 9.46. The summed E-state index contributed by atoms with van der Waals surface area (Å²) in [6.07, 6.45) is 1.72. The molecule has 2 aromatic heterocycles. The van der Waals surface area contributed by atoms with Crippen LogP contribution in [0.1, 0.15) is 30.4 Å². The molecule has 4 nitrogen and oxygen atoms in total. The Hall–Kier alpha value is -0.590. The van der Waals surface area contributed by atoms with Gasteiger partial charge in [0.2, 0.25) is 5.89 Å². The number of nitrogens with one attached hydrogen (secondary N) is 1. The number of oxazole rings is 1. The van der Waals surface area contributed by atoms with E-state index in [0.717, 1.165) is 16.0 Å². The summed E-state index contributed by atoms with van der Waals surface area (Å²) in [5.41, 5.74) is 0. The molecule has 0 fully saturated rings. The number of hydrogen-bond donors (Lipinski definition) is 1. The van der Waals surface area contributed by atoms with Crippen molar-refractivity contribution in [2.24, 2.45) is 0 Å². The molecule has 0 aliphatic carbocycles. The number of halogens is 2. The van der Waals surface area contributed by atoms with Crippen molar-refractivity contribution in [1.29, 1.82) is 0 Å². The molecule has 17 heavy (non-hydrogen) atoms. The summed E-state index contributed by atoms with van der Waals surface area (Å²) in [6.45, 7) is 4.50. The zero-order valence-corrected chi connectivity index (χ0v) is 12.6. The predicted octanol–water partition coefficient (Wildman–Crippen LogP) is 3.95. The number of hydrogen-bond acceptors (Lipinski definition) is 4.